The predicted octanol–water partition coefficient (Wildman–Crippen LogP) is 2.96. The van der Waals surface area contributed by atoms with Gasteiger partial charge in [0.2, 0.25) is 5.91 Å². The van der Waals surface area contributed by atoms with Crippen LogP contribution in [-0.2, 0) is 4.79 Å². The first-order valence-electron chi connectivity index (χ1n) is 13.5. The normalized spacial score (nSPS) is 17.9. The van der Waals surface area contributed by atoms with Gasteiger partial charge in [0.1, 0.15) is 23.2 Å². The lowest BCUT2D eigenvalue weighted by Gasteiger charge is -2.38. The Morgan fingerprint density at radius 1 is 1.23 bits per heavy atom. The number of nitrogens with zero attached hydrogens (tertiary/aromatic N) is 4. The van der Waals surface area contributed by atoms with E-state index in [0.29, 0.717) is 48.0 Å². The molecule has 3 rings (SSSR count). The minimum Gasteiger partial charge on any atom is -0.487 e. The molecule has 4 amide bonds. The predicted molar refractivity (Wildman–Crippen MR) is 152 cm³/mol. The lowest BCUT2D eigenvalue weighted by atomic mass is 9.99. The molecule has 0 spiro atoms. The molecule has 0 saturated heterocycles. The van der Waals surface area contributed by atoms with Crippen LogP contribution in [0.1, 0.15) is 48.5 Å². The van der Waals surface area contributed by atoms with Crippen molar-refractivity contribution < 1.29 is 28.8 Å². The third-order valence-electron chi connectivity index (χ3n) is 7.02. The van der Waals surface area contributed by atoms with E-state index in [1.54, 1.807) is 50.9 Å². The highest BCUT2D eigenvalue weighted by Crippen LogP contribution is 2.31. The maximum absolute atomic E-state index is 13.6. The first kappa shape index (κ1) is 30.9. The molecule has 220 valence electrons. The molecule has 1 aliphatic rings. The van der Waals surface area contributed by atoms with E-state index in [-0.39, 0.29) is 42.5 Å². The van der Waals surface area contributed by atoms with Crippen molar-refractivity contribution in [2.75, 3.05) is 58.0 Å². The molecule has 0 unspecified atom stereocenters. The molecule has 12 nitrogen and oxygen atoms in total. The summed E-state index contributed by atoms with van der Waals surface area (Å²) in [6.07, 6.45) is 0.604. The van der Waals surface area contributed by atoms with Crippen molar-refractivity contribution in [1.82, 2.24) is 19.9 Å². The highest BCUT2D eigenvalue weighted by molar-refractivity contribution is 6.00. The maximum Gasteiger partial charge on any atom is 0.321 e. The monoisotopic (exact) mass is 558 g/mol. The number of hydrogen-bond donors (Lipinski definition) is 3. The van der Waals surface area contributed by atoms with Crippen LogP contribution < -0.4 is 15.4 Å². The Balaban J connectivity index is 1.82. The molecular weight excluding hydrogens is 516 g/mol. The number of hydrogen-bond acceptors (Lipinski definition) is 8. The van der Waals surface area contributed by atoms with Crippen molar-refractivity contribution in [2.45, 2.75) is 52.7 Å². The molecular formula is C28H42N6O6. The van der Waals surface area contributed by atoms with E-state index in [9.17, 15) is 19.5 Å². The number of amides is 4. The third-order valence-corrected chi connectivity index (χ3v) is 7.02. The molecule has 3 N–H and O–H groups in total. The largest absolute Gasteiger partial charge is 0.487 e. The van der Waals surface area contributed by atoms with Gasteiger partial charge < -0.3 is 39.7 Å². The summed E-state index contributed by atoms with van der Waals surface area (Å²) in [6, 6.07) is 4.19. The van der Waals surface area contributed by atoms with Crippen LogP contribution in [0, 0.1) is 19.8 Å². The quantitative estimate of drug-likeness (QED) is 0.404. The van der Waals surface area contributed by atoms with Gasteiger partial charge in [0.05, 0.1) is 24.8 Å². The second-order valence-electron chi connectivity index (χ2n) is 10.8. The number of aromatic nitrogens is 1. The molecule has 1 aliphatic heterocycles. The molecule has 3 atom stereocenters. The summed E-state index contributed by atoms with van der Waals surface area (Å²) in [6.45, 7) is 8.33. The summed E-state index contributed by atoms with van der Waals surface area (Å²) in [4.78, 5) is 44.2. The number of likely N-dealkylation sites (N-methyl/N-ethyl adjacent to an activating group) is 1. The van der Waals surface area contributed by atoms with Gasteiger partial charge >= 0.3 is 6.03 Å². The lowest BCUT2D eigenvalue weighted by Crippen LogP contribution is -2.50. The van der Waals surface area contributed by atoms with E-state index in [1.807, 2.05) is 25.9 Å². The average Bonchev–Trinajstić information content (AvgIpc) is 3.22. The van der Waals surface area contributed by atoms with E-state index < -0.39 is 12.1 Å². The van der Waals surface area contributed by atoms with Crippen molar-refractivity contribution >= 4 is 29.2 Å². The van der Waals surface area contributed by atoms with Crippen molar-refractivity contribution in [1.29, 1.82) is 0 Å². The van der Waals surface area contributed by atoms with Gasteiger partial charge in [-0.1, -0.05) is 12.1 Å². The molecule has 0 saturated carbocycles. The summed E-state index contributed by atoms with van der Waals surface area (Å²) >= 11 is 0. The van der Waals surface area contributed by atoms with Crippen LogP contribution in [0.4, 0.5) is 16.2 Å². The van der Waals surface area contributed by atoms with E-state index in [0.717, 1.165) is 6.54 Å². The van der Waals surface area contributed by atoms with Crippen molar-refractivity contribution in [3.8, 4) is 5.75 Å². The van der Waals surface area contributed by atoms with Crippen LogP contribution >= 0.6 is 0 Å². The van der Waals surface area contributed by atoms with Gasteiger partial charge in [-0.3, -0.25) is 9.59 Å². The van der Waals surface area contributed by atoms with Gasteiger partial charge in [-0.05, 0) is 66.0 Å². The van der Waals surface area contributed by atoms with E-state index in [1.165, 1.54) is 4.90 Å². The molecule has 0 bridgehead atoms. The summed E-state index contributed by atoms with van der Waals surface area (Å²) in [7, 11) is 5.57. The van der Waals surface area contributed by atoms with Gasteiger partial charge in [-0.25, -0.2) is 4.79 Å². The zero-order valence-corrected chi connectivity index (χ0v) is 24.5. The fourth-order valence-corrected chi connectivity index (χ4v) is 4.51. The number of rotatable bonds is 10. The zero-order valence-electron chi connectivity index (χ0n) is 24.5. The average molecular weight is 559 g/mol. The number of aryl methyl sites for hydroxylation is 2. The molecule has 0 aliphatic carbocycles. The number of urea groups is 1. The number of anilines is 2. The van der Waals surface area contributed by atoms with Gasteiger partial charge in [0.25, 0.3) is 5.91 Å². The Labute approximate surface area is 235 Å². The van der Waals surface area contributed by atoms with Gasteiger partial charge in [-0.2, -0.15) is 0 Å². The van der Waals surface area contributed by atoms with Gasteiger partial charge in [0, 0.05) is 31.6 Å². The lowest BCUT2D eigenvalue weighted by molar-refractivity contribution is -0.116. The van der Waals surface area contributed by atoms with E-state index in [4.69, 9.17) is 9.26 Å². The van der Waals surface area contributed by atoms with Crippen molar-refractivity contribution in [3.63, 3.8) is 0 Å². The third kappa shape index (κ3) is 7.72. The Bertz CT molecular complexity index is 1180. The van der Waals surface area contributed by atoms with Crippen LogP contribution in [0.2, 0.25) is 0 Å². The molecule has 1 aromatic heterocycles. The van der Waals surface area contributed by atoms with Crippen LogP contribution in [0.5, 0.6) is 5.75 Å². The van der Waals surface area contributed by atoms with Gasteiger partial charge in [-0.15, -0.1) is 0 Å². The van der Waals surface area contributed by atoms with Crippen molar-refractivity contribution in [3.05, 3.63) is 35.2 Å². The smallest absolute Gasteiger partial charge is 0.321 e. The summed E-state index contributed by atoms with van der Waals surface area (Å²) in [5, 5.41) is 19.5. The first-order chi connectivity index (χ1) is 18.9. The number of benzene rings is 1. The Morgan fingerprint density at radius 3 is 2.58 bits per heavy atom. The van der Waals surface area contributed by atoms with Crippen LogP contribution in [0.25, 0.3) is 0 Å². The SMILES string of the molecule is Cc1noc(C)c1NC(=O)N(C)C[C@@H]1Oc2ccc(NC(=O)CCCN(C)C)cc2C(=O)N([C@H](C)CO)C[C@@H]1C. The number of aliphatic hydroxyl groups excluding tert-OH is 1. The number of carbonyl (C=O) groups is 3. The highest BCUT2D eigenvalue weighted by Gasteiger charge is 2.34. The fourth-order valence-electron chi connectivity index (χ4n) is 4.51. The molecule has 0 radical (unpaired) electrons. The Hall–Kier alpha value is -3.64. The topological polar surface area (TPSA) is 140 Å². The molecule has 2 aromatic rings. The fraction of sp³-hybridized carbons (Fsp3) is 0.571. The molecule has 12 heteroatoms. The summed E-state index contributed by atoms with van der Waals surface area (Å²) < 4.78 is 11.5. The minimum absolute atomic E-state index is 0.140. The molecule has 40 heavy (non-hydrogen) atoms. The van der Waals surface area contributed by atoms with Crippen LogP contribution in [-0.4, -0.2) is 102 Å². The molecule has 2 heterocycles. The maximum atomic E-state index is 13.6. The number of ether oxygens (including phenoxy) is 1. The van der Waals surface area contributed by atoms with Crippen molar-refractivity contribution in [2.24, 2.45) is 5.92 Å². The first-order valence-corrected chi connectivity index (χ1v) is 13.5. The van der Waals surface area contributed by atoms with Crippen LogP contribution in [0.15, 0.2) is 22.7 Å². The van der Waals surface area contributed by atoms with E-state index >= 15 is 0 Å². The zero-order chi connectivity index (χ0) is 29.6. The van der Waals surface area contributed by atoms with E-state index in [2.05, 4.69) is 15.8 Å². The Morgan fingerprint density at radius 2 is 1.95 bits per heavy atom. The van der Waals surface area contributed by atoms with Gasteiger partial charge in [0.15, 0.2) is 5.76 Å². The number of fused-ring (bicyclic) bond motifs is 1. The summed E-state index contributed by atoms with van der Waals surface area (Å²) in [5.41, 5.74) is 1.88. The molecule has 1 aromatic carbocycles. The number of nitrogens with one attached hydrogen (secondary N) is 2. The number of aliphatic hydroxyl groups is 1. The second-order valence-corrected chi connectivity index (χ2v) is 10.8. The second kappa shape index (κ2) is 13.6. The minimum atomic E-state index is -0.466. The van der Waals surface area contributed by atoms with Crippen LogP contribution in [0.3, 0.4) is 0 Å². The highest BCUT2D eigenvalue weighted by atomic mass is 16.5. The number of carbonyl (C=O) groups excluding carboxylic acids is 3. The Kier molecular flexibility index (Phi) is 10.5. The standard InChI is InChI=1S/C28H42N6O6/c1-17-14-34(18(2)16-35)27(37)22-13-21(29-25(36)9-8-12-32(5)6)10-11-23(22)39-24(17)15-33(7)28(38)30-26-19(3)31-40-20(26)4/h10-11,13,17-18,24,35H,8-9,12,14-16H2,1-7H3,(H,29,36)(H,30,38)/t17-,18+,24-/m0/s1. The summed E-state index contributed by atoms with van der Waals surface area (Å²) in [5.74, 6) is 0.254. The molecule has 0 fully saturated rings.